The Bertz CT molecular complexity index is 856. The van der Waals surface area contributed by atoms with Gasteiger partial charge in [0.1, 0.15) is 5.82 Å². The van der Waals surface area contributed by atoms with E-state index in [9.17, 15) is 22.8 Å². The highest BCUT2D eigenvalue weighted by Gasteiger charge is 2.44. The predicted octanol–water partition coefficient (Wildman–Crippen LogP) is 4.69. The predicted molar refractivity (Wildman–Crippen MR) is 91.1 cm³/mol. The van der Waals surface area contributed by atoms with Gasteiger partial charge >= 0.3 is 11.9 Å². The summed E-state index contributed by atoms with van der Waals surface area (Å²) in [6.45, 7) is 2.69. The number of halogens is 4. The number of aryl methyl sites for hydroxylation is 1. The molecule has 0 saturated heterocycles. The third-order valence-electron chi connectivity index (χ3n) is 3.51. The van der Waals surface area contributed by atoms with Crippen LogP contribution in [0.5, 0.6) is 0 Å². The number of hydrogen-bond donors (Lipinski definition) is 1. The summed E-state index contributed by atoms with van der Waals surface area (Å²) in [6.07, 6.45) is 0. The van der Waals surface area contributed by atoms with E-state index in [0.717, 1.165) is 12.1 Å². The number of benzene rings is 2. The van der Waals surface area contributed by atoms with Gasteiger partial charge in [0, 0.05) is 11.3 Å². The summed E-state index contributed by atoms with van der Waals surface area (Å²) < 4.78 is 46.1. The summed E-state index contributed by atoms with van der Waals surface area (Å²) in [5.74, 6) is -6.91. The lowest BCUT2D eigenvalue weighted by Crippen LogP contribution is -2.29. The second-order valence-electron chi connectivity index (χ2n) is 5.41. The summed E-state index contributed by atoms with van der Waals surface area (Å²) >= 11 is 5.77. The largest absolute Gasteiger partial charge is 0.461 e. The minimum Gasteiger partial charge on any atom is -0.461 e. The first-order valence-corrected chi connectivity index (χ1v) is 7.97. The van der Waals surface area contributed by atoms with Crippen LogP contribution >= 0.6 is 11.6 Å². The molecule has 1 amide bonds. The molecule has 2 rings (SSSR count). The highest BCUT2D eigenvalue weighted by molar-refractivity contribution is 6.31. The van der Waals surface area contributed by atoms with Gasteiger partial charge in [-0.1, -0.05) is 11.6 Å². The lowest BCUT2D eigenvalue weighted by molar-refractivity contribution is -0.173. The molecule has 0 radical (unpaired) electrons. The highest BCUT2D eigenvalue weighted by Crippen LogP contribution is 2.35. The molecule has 0 atom stereocenters. The molecule has 0 aliphatic rings. The molecule has 0 spiro atoms. The number of esters is 1. The summed E-state index contributed by atoms with van der Waals surface area (Å²) in [4.78, 5) is 23.8. The summed E-state index contributed by atoms with van der Waals surface area (Å²) in [5.41, 5.74) is -0.369. The fraction of sp³-hybridized carbons (Fsp3) is 0.222. The molecule has 0 aliphatic carbocycles. The summed E-state index contributed by atoms with van der Waals surface area (Å²) in [7, 11) is 0. The molecule has 0 saturated carbocycles. The zero-order chi connectivity index (χ0) is 19.5. The van der Waals surface area contributed by atoms with Crippen molar-refractivity contribution in [2.45, 2.75) is 19.8 Å². The van der Waals surface area contributed by atoms with Gasteiger partial charge in [0.25, 0.3) is 5.91 Å². The van der Waals surface area contributed by atoms with Crippen LogP contribution in [0, 0.1) is 12.7 Å². The fourth-order valence-electron chi connectivity index (χ4n) is 2.16. The van der Waals surface area contributed by atoms with Crippen molar-refractivity contribution in [1.82, 2.24) is 0 Å². The van der Waals surface area contributed by atoms with E-state index in [-0.39, 0.29) is 17.2 Å². The highest BCUT2D eigenvalue weighted by atomic mass is 35.5. The van der Waals surface area contributed by atoms with Crippen LogP contribution in [0.3, 0.4) is 0 Å². The van der Waals surface area contributed by atoms with E-state index in [4.69, 9.17) is 11.6 Å². The van der Waals surface area contributed by atoms with Crippen LogP contribution in [0.4, 0.5) is 18.9 Å². The Morgan fingerprint density at radius 3 is 2.50 bits per heavy atom. The lowest BCUT2D eigenvalue weighted by Gasteiger charge is -2.17. The SMILES string of the molecule is CCOC(=O)C(F)(F)c1cc(C(=O)Nc2ccc(F)c(C)c2)ccc1Cl. The van der Waals surface area contributed by atoms with Crippen molar-refractivity contribution in [1.29, 1.82) is 0 Å². The molecular weight excluding hydrogens is 371 g/mol. The van der Waals surface area contributed by atoms with Gasteiger partial charge in [-0.15, -0.1) is 0 Å². The standard InChI is InChI=1S/C18H15ClF3NO3/c1-3-26-17(25)18(21,22)13-9-11(4-6-14(13)19)16(24)23-12-5-7-15(20)10(2)8-12/h4-9H,3H2,1-2H3,(H,23,24). The van der Waals surface area contributed by atoms with E-state index in [1.54, 1.807) is 0 Å². The van der Waals surface area contributed by atoms with Gasteiger partial charge in [0.2, 0.25) is 0 Å². The molecule has 2 aromatic rings. The van der Waals surface area contributed by atoms with Crippen molar-refractivity contribution >= 4 is 29.2 Å². The number of amides is 1. The van der Waals surface area contributed by atoms with Crippen molar-refractivity contribution < 1.29 is 27.5 Å². The second kappa shape index (κ2) is 7.78. The van der Waals surface area contributed by atoms with Gasteiger partial charge in [0.05, 0.1) is 17.2 Å². The number of hydrogen-bond acceptors (Lipinski definition) is 3. The van der Waals surface area contributed by atoms with Gasteiger partial charge in [-0.05, 0) is 55.8 Å². The van der Waals surface area contributed by atoms with Crippen LogP contribution in [0.15, 0.2) is 36.4 Å². The number of nitrogens with one attached hydrogen (secondary N) is 1. The lowest BCUT2D eigenvalue weighted by atomic mass is 10.0. The Morgan fingerprint density at radius 1 is 1.19 bits per heavy atom. The number of alkyl halides is 2. The first-order chi connectivity index (χ1) is 12.2. The van der Waals surface area contributed by atoms with E-state index >= 15 is 0 Å². The van der Waals surface area contributed by atoms with Gasteiger partial charge in [-0.2, -0.15) is 8.78 Å². The monoisotopic (exact) mass is 385 g/mol. The topological polar surface area (TPSA) is 55.4 Å². The normalized spacial score (nSPS) is 11.2. The Labute approximate surface area is 152 Å². The van der Waals surface area contributed by atoms with Gasteiger partial charge in [-0.25, -0.2) is 9.18 Å². The van der Waals surface area contributed by atoms with Gasteiger partial charge < -0.3 is 10.1 Å². The number of ether oxygens (including phenoxy) is 1. The van der Waals surface area contributed by atoms with E-state index in [1.165, 1.54) is 38.1 Å². The van der Waals surface area contributed by atoms with Crippen LogP contribution < -0.4 is 5.32 Å². The van der Waals surface area contributed by atoms with Crippen molar-refractivity contribution in [2.24, 2.45) is 0 Å². The number of rotatable bonds is 5. The van der Waals surface area contributed by atoms with E-state index in [0.29, 0.717) is 11.3 Å². The molecule has 0 bridgehead atoms. The van der Waals surface area contributed by atoms with Crippen molar-refractivity contribution in [3.8, 4) is 0 Å². The van der Waals surface area contributed by atoms with Crippen LogP contribution in [0.1, 0.15) is 28.4 Å². The quantitative estimate of drug-likeness (QED) is 0.759. The number of carbonyl (C=O) groups is 2. The van der Waals surface area contributed by atoms with E-state index in [2.05, 4.69) is 10.1 Å². The molecule has 2 aromatic carbocycles. The zero-order valence-corrected chi connectivity index (χ0v) is 14.7. The average molecular weight is 386 g/mol. The Balaban J connectivity index is 2.31. The van der Waals surface area contributed by atoms with E-state index in [1.807, 2.05) is 0 Å². The molecule has 0 fully saturated rings. The maximum Gasteiger partial charge on any atom is 0.382 e. The summed E-state index contributed by atoms with van der Waals surface area (Å²) in [6, 6.07) is 7.06. The Hall–Kier alpha value is -2.54. The molecule has 8 heteroatoms. The third kappa shape index (κ3) is 4.16. The molecule has 0 aliphatic heterocycles. The smallest absolute Gasteiger partial charge is 0.382 e. The van der Waals surface area contributed by atoms with Crippen LogP contribution in [-0.2, 0) is 15.5 Å². The number of carbonyl (C=O) groups excluding carboxylic acids is 2. The third-order valence-corrected chi connectivity index (χ3v) is 3.84. The van der Waals surface area contributed by atoms with Gasteiger partial charge in [-0.3, -0.25) is 4.79 Å². The van der Waals surface area contributed by atoms with Crippen molar-refractivity contribution in [3.63, 3.8) is 0 Å². The molecule has 26 heavy (non-hydrogen) atoms. The molecule has 0 unspecified atom stereocenters. The summed E-state index contributed by atoms with van der Waals surface area (Å²) in [5, 5.41) is 2.09. The zero-order valence-electron chi connectivity index (χ0n) is 13.9. The van der Waals surface area contributed by atoms with Crippen LogP contribution in [0.25, 0.3) is 0 Å². The minimum atomic E-state index is -4.00. The Kier molecular flexibility index (Phi) is 5.92. The minimum absolute atomic E-state index is 0.143. The van der Waals surface area contributed by atoms with Crippen LogP contribution in [0.2, 0.25) is 5.02 Å². The second-order valence-corrected chi connectivity index (χ2v) is 5.81. The van der Waals surface area contributed by atoms with Crippen molar-refractivity contribution in [2.75, 3.05) is 11.9 Å². The average Bonchev–Trinajstić information content (AvgIpc) is 2.58. The maximum absolute atomic E-state index is 14.2. The Morgan fingerprint density at radius 2 is 1.88 bits per heavy atom. The fourth-order valence-corrected chi connectivity index (χ4v) is 2.40. The van der Waals surface area contributed by atoms with E-state index < -0.39 is 29.2 Å². The molecule has 4 nitrogen and oxygen atoms in total. The first-order valence-electron chi connectivity index (χ1n) is 7.59. The molecule has 0 heterocycles. The molecular formula is C18H15ClF3NO3. The van der Waals surface area contributed by atoms with Gasteiger partial charge in [0.15, 0.2) is 0 Å². The molecule has 1 N–H and O–H groups in total. The van der Waals surface area contributed by atoms with Crippen LogP contribution in [-0.4, -0.2) is 18.5 Å². The maximum atomic E-state index is 14.2. The van der Waals surface area contributed by atoms with Crippen molar-refractivity contribution in [3.05, 3.63) is 63.9 Å². The molecule has 0 aromatic heterocycles. The number of anilines is 1. The first kappa shape index (κ1) is 19.8. The molecule has 138 valence electrons.